The maximum Gasteiger partial charge on any atom is 0.341 e. The lowest BCUT2D eigenvalue weighted by atomic mass is 10.1. The van der Waals surface area contributed by atoms with E-state index in [4.69, 9.17) is 22.1 Å². The molecule has 2 rings (SSSR count). The van der Waals surface area contributed by atoms with Crippen molar-refractivity contribution >= 4 is 35.2 Å². The van der Waals surface area contributed by atoms with Crippen LogP contribution in [0.4, 0.5) is 0 Å². The average molecular weight is 277 g/mol. The Hall–Kier alpha value is -2.21. The fourth-order valence-electron chi connectivity index (χ4n) is 1.66. The summed E-state index contributed by atoms with van der Waals surface area (Å²) in [5.74, 6) is -0.788. The van der Waals surface area contributed by atoms with Crippen LogP contribution in [0.5, 0.6) is 5.75 Å². The Morgan fingerprint density at radius 1 is 1.53 bits per heavy atom. The molecule has 1 saturated heterocycles. The molecule has 1 fully saturated rings. The van der Waals surface area contributed by atoms with Gasteiger partial charge in [0.05, 0.1) is 4.99 Å². The van der Waals surface area contributed by atoms with Crippen LogP contribution in [-0.4, -0.2) is 28.6 Å². The number of hydrogen-bond acceptors (Lipinski definition) is 4. The van der Waals surface area contributed by atoms with Crippen LogP contribution >= 0.6 is 12.2 Å². The maximum absolute atomic E-state index is 11.5. The van der Waals surface area contributed by atoms with Crippen molar-refractivity contribution < 1.29 is 19.4 Å². The van der Waals surface area contributed by atoms with Gasteiger partial charge in [-0.15, -0.1) is 0 Å². The lowest BCUT2D eigenvalue weighted by molar-refractivity contribution is -0.139. The molecule has 0 aromatic heterocycles. The summed E-state index contributed by atoms with van der Waals surface area (Å²) in [6.07, 6.45) is 2.14. The van der Waals surface area contributed by atoms with Crippen molar-refractivity contribution in [2.24, 2.45) is 0 Å². The monoisotopic (exact) mass is 277 g/mol. The largest absolute Gasteiger partial charge is 0.482 e. The van der Waals surface area contributed by atoms with E-state index in [2.05, 4.69) is 5.32 Å². The van der Waals surface area contributed by atoms with E-state index in [1.54, 1.807) is 30.3 Å². The van der Waals surface area contributed by atoms with Gasteiger partial charge in [-0.1, -0.05) is 24.4 Å². The lowest BCUT2D eigenvalue weighted by Gasteiger charge is -2.04. The molecular weight excluding hydrogens is 266 g/mol. The van der Waals surface area contributed by atoms with Crippen molar-refractivity contribution in [3.8, 4) is 5.75 Å². The number of ether oxygens (including phenoxy) is 1. The highest BCUT2D eigenvalue weighted by atomic mass is 32.1. The molecule has 1 aromatic rings. The molecule has 1 aliphatic rings. The van der Waals surface area contributed by atoms with E-state index in [-0.39, 0.29) is 5.91 Å². The van der Waals surface area contributed by atoms with Crippen LogP contribution in [0.15, 0.2) is 29.8 Å². The van der Waals surface area contributed by atoms with Crippen LogP contribution in [0.25, 0.3) is 6.08 Å². The minimum atomic E-state index is -1.04. The average Bonchev–Trinajstić information content (AvgIpc) is 2.66. The van der Waals surface area contributed by atoms with Crippen LogP contribution < -0.4 is 10.1 Å². The first-order valence-electron chi connectivity index (χ1n) is 5.54. The number of carboxylic acid groups (broad SMARTS) is 1. The van der Waals surface area contributed by atoms with Gasteiger partial charge >= 0.3 is 5.97 Å². The molecule has 1 amide bonds. The van der Waals surface area contributed by atoms with Crippen LogP contribution in [-0.2, 0) is 9.59 Å². The number of carbonyl (C=O) groups excluding carboxylic acids is 1. The second-order valence-electron chi connectivity index (χ2n) is 3.98. The van der Waals surface area contributed by atoms with Gasteiger partial charge in [0.25, 0.3) is 5.91 Å². The Kier molecular flexibility index (Phi) is 3.91. The molecule has 19 heavy (non-hydrogen) atoms. The number of benzene rings is 1. The molecule has 1 heterocycles. The van der Waals surface area contributed by atoms with E-state index >= 15 is 0 Å². The number of thiocarbonyl (C=S) groups is 1. The standard InChI is InChI=1S/C13H11NO4S/c15-12(16)7-18-10-3-1-2-8(5-10)4-9-6-11(19)14-13(9)17/h1-5H,6-7H2,(H,15,16)(H,14,17,19)/b9-4+. The van der Waals surface area contributed by atoms with E-state index < -0.39 is 12.6 Å². The Morgan fingerprint density at radius 3 is 2.95 bits per heavy atom. The summed E-state index contributed by atoms with van der Waals surface area (Å²) >= 11 is 4.92. The number of carboxylic acids is 1. The fraction of sp³-hybridized carbons (Fsp3) is 0.154. The summed E-state index contributed by atoms with van der Waals surface area (Å²) in [7, 11) is 0. The number of nitrogens with one attached hydrogen (secondary N) is 1. The van der Waals surface area contributed by atoms with E-state index in [0.29, 0.717) is 22.7 Å². The summed E-state index contributed by atoms with van der Waals surface area (Å²) in [4.78, 5) is 22.4. The SMILES string of the molecule is O=C(O)COc1cccc(/C=C2\CC(=S)NC2=O)c1. The number of aliphatic carboxylic acids is 1. The molecule has 0 unspecified atom stereocenters. The van der Waals surface area contributed by atoms with Crippen molar-refractivity contribution in [3.05, 3.63) is 35.4 Å². The maximum atomic E-state index is 11.5. The van der Waals surface area contributed by atoms with Gasteiger partial charge in [0.2, 0.25) is 0 Å². The van der Waals surface area contributed by atoms with E-state index in [0.717, 1.165) is 5.56 Å². The zero-order valence-corrected chi connectivity index (χ0v) is 10.7. The molecule has 6 heteroatoms. The molecule has 0 atom stereocenters. The quantitative estimate of drug-likeness (QED) is 0.642. The lowest BCUT2D eigenvalue weighted by Crippen LogP contribution is -2.17. The van der Waals surface area contributed by atoms with Gasteiger partial charge in [0, 0.05) is 12.0 Å². The minimum absolute atomic E-state index is 0.193. The molecule has 0 aliphatic carbocycles. The summed E-state index contributed by atoms with van der Waals surface area (Å²) in [5.41, 5.74) is 1.35. The van der Waals surface area contributed by atoms with E-state index in [9.17, 15) is 9.59 Å². The Labute approximate surface area is 114 Å². The number of rotatable bonds is 4. The molecular formula is C13H11NO4S. The second-order valence-corrected chi connectivity index (χ2v) is 4.47. The van der Waals surface area contributed by atoms with Gasteiger partial charge in [0.15, 0.2) is 6.61 Å². The zero-order chi connectivity index (χ0) is 13.8. The van der Waals surface area contributed by atoms with Crippen LogP contribution in [0, 0.1) is 0 Å². The van der Waals surface area contributed by atoms with Crippen molar-refractivity contribution in [3.63, 3.8) is 0 Å². The van der Waals surface area contributed by atoms with Crippen molar-refractivity contribution in [2.45, 2.75) is 6.42 Å². The first kappa shape index (κ1) is 13.2. The third-order valence-corrected chi connectivity index (χ3v) is 2.70. The molecule has 0 spiro atoms. The predicted molar refractivity (Wildman–Crippen MR) is 72.9 cm³/mol. The Morgan fingerprint density at radius 2 is 2.32 bits per heavy atom. The minimum Gasteiger partial charge on any atom is -0.482 e. The summed E-state index contributed by atoms with van der Waals surface area (Å²) in [6.45, 7) is -0.398. The molecule has 1 aliphatic heterocycles. The highest BCUT2D eigenvalue weighted by molar-refractivity contribution is 7.80. The molecule has 0 radical (unpaired) electrons. The van der Waals surface area contributed by atoms with Gasteiger partial charge < -0.3 is 15.2 Å². The molecule has 5 nitrogen and oxygen atoms in total. The fourth-order valence-corrected chi connectivity index (χ4v) is 1.91. The normalized spacial score (nSPS) is 16.5. The predicted octanol–water partition coefficient (Wildman–Crippen LogP) is 1.38. The summed E-state index contributed by atoms with van der Waals surface area (Å²) in [5, 5.41) is 11.1. The van der Waals surface area contributed by atoms with Gasteiger partial charge in [-0.05, 0) is 23.8 Å². The topological polar surface area (TPSA) is 75.6 Å². The highest BCUT2D eigenvalue weighted by Gasteiger charge is 2.20. The molecule has 0 saturated carbocycles. The molecule has 2 N–H and O–H groups in total. The van der Waals surface area contributed by atoms with Crippen LogP contribution in [0.2, 0.25) is 0 Å². The van der Waals surface area contributed by atoms with Gasteiger partial charge in [-0.25, -0.2) is 4.79 Å². The van der Waals surface area contributed by atoms with Crippen molar-refractivity contribution in [1.29, 1.82) is 0 Å². The number of amides is 1. The Bertz CT molecular complexity index is 580. The van der Waals surface area contributed by atoms with Crippen LogP contribution in [0.1, 0.15) is 12.0 Å². The molecule has 0 bridgehead atoms. The van der Waals surface area contributed by atoms with E-state index in [1.807, 2.05) is 0 Å². The van der Waals surface area contributed by atoms with Gasteiger partial charge in [-0.3, -0.25) is 4.79 Å². The Balaban J connectivity index is 2.15. The van der Waals surface area contributed by atoms with Crippen molar-refractivity contribution in [1.82, 2.24) is 5.32 Å². The first-order chi connectivity index (χ1) is 9.04. The number of carbonyl (C=O) groups is 2. The summed E-state index contributed by atoms with van der Waals surface area (Å²) < 4.78 is 5.07. The van der Waals surface area contributed by atoms with Crippen molar-refractivity contribution in [2.75, 3.05) is 6.61 Å². The van der Waals surface area contributed by atoms with Gasteiger partial charge in [0.1, 0.15) is 5.75 Å². The second kappa shape index (κ2) is 5.62. The van der Waals surface area contributed by atoms with E-state index in [1.165, 1.54) is 0 Å². The third-order valence-electron chi connectivity index (χ3n) is 2.46. The van der Waals surface area contributed by atoms with Crippen LogP contribution in [0.3, 0.4) is 0 Å². The molecule has 98 valence electrons. The third kappa shape index (κ3) is 3.62. The number of hydrogen-bond donors (Lipinski definition) is 2. The summed E-state index contributed by atoms with van der Waals surface area (Å²) in [6, 6.07) is 6.86. The molecule has 1 aromatic carbocycles. The highest BCUT2D eigenvalue weighted by Crippen LogP contribution is 2.19. The smallest absolute Gasteiger partial charge is 0.341 e. The first-order valence-corrected chi connectivity index (χ1v) is 5.95. The van der Waals surface area contributed by atoms with Gasteiger partial charge in [-0.2, -0.15) is 0 Å². The zero-order valence-electron chi connectivity index (χ0n) is 9.88.